The largest absolute Gasteiger partial charge is 0.481 e. The number of hydrogen-bond donors (Lipinski definition) is 3. The van der Waals surface area contributed by atoms with Crippen molar-refractivity contribution in [2.24, 2.45) is 5.92 Å². The first-order valence-corrected chi connectivity index (χ1v) is 14.7. The number of aromatic nitrogens is 1. The summed E-state index contributed by atoms with van der Waals surface area (Å²) < 4.78 is 0. The van der Waals surface area contributed by atoms with Crippen LogP contribution in [0.1, 0.15) is 108 Å². The zero-order valence-corrected chi connectivity index (χ0v) is 23.6. The normalized spacial score (nSPS) is 12.4. The summed E-state index contributed by atoms with van der Waals surface area (Å²) in [6.07, 6.45) is 14.7. The predicted octanol–water partition coefficient (Wildman–Crippen LogP) is 6.39. The molecule has 1 heterocycles. The third-order valence-electron chi connectivity index (χ3n) is 7.05. The maximum atomic E-state index is 13.2. The Morgan fingerprint density at radius 1 is 0.821 bits per heavy atom. The highest BCUT2D eigenvalue weighted by atomic mass is 16.4. The van der Waals surface area contributed by atoms with Crippen molar-refractivity contribution in [1.82, 2.24) is 15.6 Å². The number of aliphatic carboxylic acids is 1. The van der Waals surface area contributed by atoms with Gasteiger partial charge in [-0.05, 0) is 49.3 Å². The fourth-order valence-electron chi connectivity index (χ4n) is 4.77. The highest BCUT2D eigenvalue weighted by Gasteiger charge is 2.23. The zero-order chi connectivity index (χ0) is 28.1. The molecule has 1 aromatic carbocycles. The Balaban J connectivity index is 1.83. The van der Waals surface area contributed by atoms with Crippen molar-refractivity contribution in [3.63, 3.8) is 0 Å². The number of carbonyl (C=O) groups excluding carboxylic acids is 2. The number of hydrogen-bond acceptors (Lipinski definition) is 4. The molecule has 39 heavy (non-hydrogen) atoms. The van der Waals surface area contributed by atoms with Gasteiger partial charge in [0.25, 0.3) is 0 Å². The smallest absolute Gasteiger partial charge is 0.303 e. The molecule has 7 heteroatoms. The number of amides is 2. The molecular formula is C32H47N3O4. The maximum absolute atomic E-state index is 13.2. The molecule has 2 atom stereocenters. The summed E-state index contributed by atoms with van der Waals surface area (Å²) in [5.74, 6) is -1.12. The number of benzene rings is 1. The number of carboxylic acids is 1. The number of rotatable bonds is 21. The minimum absolute atomic E-state index is 0.0764. The first kappa shape index (κ1) is 32.0. The van der Waals surface area contributed by atoms with Gasteiger partial charge in [0.2, 0.25) is 11.8 Å². The van der Waals surface area contributed by atoms with Crippen LogP contribution < -0.4 is 10.6 Å². The highest BCUT2D eigenvalue weighted by Crippen LogP contribution is 2.18. The Hall–Kier alpha value is -3.22. The number of carbonyl (C=O) groups is 3. The van der Waals surface area contributed by atoms with E-state index in [0.29, 0.717) is 32.2 Å². The van der Waals surface area contributed by atoms with Crippen molar-refractivity contribution in [1.29, 1.82) is 0 Å². The van der Waals surface area contributed by atoms with Crippen LogP contribution in [0.2, 0.25) is 0 Å². The van der Waals surface area contributed by atoms with Gasteiger partial charge in [-0.15, -0.1) is 0 Å². The van der Waals surface area contributed by atoms with Crippen molar-refractivity contribution in [2.75, 3.05) is 6.54 Å². The molecule has 0 saturated carbocycles. The maximum Gasteiger partial charge on any atom is 0.303 e. The highest BCUT2D eigenvalue weighted by molar-refractivity contribution is 5.88. The van der Waals surface area contributed by atoms with Gasteiger partial charge in [0.15, 0.2) is 0 Å². The van der Waals surface area contributed by atoms with E-state index in [1.165, 1.54) is 38.5 Å². The summed E-state index contributed by atoms with van der Waals surface area (Å²) in [4.78, 5) is 41.4. The zero-order valence-electron chi connectivity index (χ0n) is 23.6. The van der Waals surface area contributed by atoms with Crippen molar-refractivity contribution >= 4 is 17.8 Å². The van der Waals surface area contributed by atoms with E-state index in [1.54, 1.807) is 6.20 Å². The van der Waals surface area contributed by atoms with E-state index in [2.05, 4.69) is 22.5 Å². The molecule has 214 valence electrons. The number of unbranched alkanes of at least 4 members (excludes halogenated alkanes) is 8. The topological polar surface area (TPSA) is 108 Å². The fraction of sp³-hybridized carbons (Fsp3) is 0.562. The van der Waals surface area contributed by atoms with Gasteiger partial charge in [-0.25, -0.2) is 0 Å². The average Bonchev–Trinajstić information content (AvgIpc) is 2.94. The standard InChI is InChI=1S/C32H47N3O4/c1-2-3-4-5-6-7-8-9-13-19-29(36)35-31(27-16-11-10-12-17-27)32(39)34-24-22-26(20-21-30(37)38)25-28-18-14-15-23-33-28/h10-12,14-18,23,26,31H,2-9,13,19-22,24-25H2,1H3,(H,34,39)(H,35,36)(H,37,38)/t26?,31-/m1/s1. The second-order valence-corrected chi connectivity index (χ2v) is 10.4. The van der Waals surface area contributed by atoms with Crippen LogP contribution in [0.5, 0.6) is 0 Å². The summed E-state index contributed by atoms with van der Waals surface area (Å²) in [6.45, 7) is 2.62. The van der Waals surface area contributed by atoms with E-state index in [-0.39, 0.29) is 24.2 Å². The monoisotopic (exact) mass is 537 g/mol. The number of carboxylic acid groups (broad SMARTS) is 1. The van der Waals surface area contributed by atoms with E-state index >= 15 is 0 Å². The van der Waals surface area contributed by atoms with Gasteiger partial charge in [-0.1, -0.05) is 94.7 Å². The van der Waals surface area contributed by atoms with Gasteiger partial charge in [0.05, 0.1) is 0 Å². The summed E-state index contributed by atoms with van der Waals surface area (Å²) in [5.41, 5.74) is 1.65. The molecular weight excluding hydrogens is 490 g/mol. The lowest BCUT2D eigenvalue weighted by Crippen LogP contribution is -2.41. The van der Waals surface area contributed by atoms with Crippen molar-refractivity contribution in [3.05, 3.63) is 66.0 Å². The quantitative estimate of drug-likeness (QED) is 0.160. The second kappa shape index (κ2) is 19.8. The lowest BCUT2D eigenvalue weighted by atomic mass is 9.93. The molecule has 0 aliphatic carbocycles. The fourth-order valence-corrected chi connectivity index (χ4v) is 4.77. The predicted molar refractivity (Wildman–Crippen MR) is 155 cm³/mol. The van der Waals surface area contributed by atoms with E-state index < -0.39 is 12.0 Å². The second-order valence-electron chi connectivity index (χ2n) is 10.4. The molecule has 2 rings (SSSR count). The number of nitrogens with zero attached hydrogens (tertiary/aromatic N) is 1. The molecule has 0 spiro atoms. The van der Waals surface area contributed by atoms with Crippen molar-refractivity contribution in [2.45, 2.75) is 103 Å². The first-order chi connectivity index (χ1) is 19.0. The van der Waals surface area contributed by atoms with Crippen LogP contribution in [0, 0.1) is 5.92 Å². The molecule has 0 aliphatic heterocycles. The average molecular weight is 538 g/mol. The molecule has 7 nitrogen and oxygen atoms in total. The Morgan fingerprint density at radius 2 is 1.49 bits per heavy atom. The van der Waals surface area contributed by atoms with E-state index in [9.17, 15) is 14.4 Å². The molecule has 0 aliphatic rings. The Kier molecular flexibility index (Phi) is 16.2. The molecule has 3 N–H and O–H groups in total. The number of pyridine rings is 1. The third kappa shape index (κ3) is 14.5. The third-order valence-corrected chi connectivity index (χ3v) is 7.05. The van der Waals surface area contributed by atoms with Gasteiger partial charge < -0.3 is 15.7 Å². The Bertz CT molecular complexity index is 952. The van der Waals surface area contributed by atoms with Crippen LogP contribution >= 0.6 is 0 Å². The number of nitrogens with one attached hydrogen (secondary N) is 2. The summed E-state index contributed by atoms with van der Waals surface area (Å²) in [7, 11) is 0. The summed E-state index contributed by atoms with van der Waals surface area (Å²) in [6, 6.07) is 14.2. The summed E-state index contributed by atoms with van der Waals surface area (Å²) >= 11 is 0. The molecule has 1 aromatic heterocycles. The van der Waals surface area contributed by atoms with Gasteiger partial charge >= 0.3 is 5.97 Å². The summed E-state index contributed by atoms with van der Waals surface area (Å²) in [5, 5.41) is 15.1. The van der Waals surface area contributed by atoms with Gasteiger partial charge in [0, 0.05) is 31.3 Å². The molecule has 0 fully saturated rings. The minimum atomic E-state index is -0.830. The van der Waals surface area contributed by atoms with Crippen LogP contribution in [0.15, 0.2) is 54.7 Å². The van der Waals surface area contributed by atoms with Crippen LogP contribution in [-0.4, -0.2) is 34.4 Å². The molecule has 0 radical (unpaired) electrons. The molecule has 2 aromatic rings. The Morgan fingerprint density at radius 3 is 2.13 bits per heavy atom. The van der Waals surface area contributed by atoms with Crippen LogP contribution in [0.25, 0.3) is 0 Å². The Labute approximate surface area is 234 Å². The molecule has 0 bridgehead atoms. The van der Waals surface area contributed by atoms with Gasteiger partial charge in [-0.2, -0.15) is 0 Å². The van der Waals surface area contributed by atoms with Crippen LogP contribution in [-0.2, 0) is 20.8 Å². The van der Waals surface area contributed by atoms with Crippen LogP contribution in [0.3, 0.4) is 0 Å². The van der Waals surface area contributed by atoms with E-state index in [1.807, 2.05) is 48.5 Å². The molecule has 1 unspecified atom stereocenters. The van der Waals surface area contributed by atoms with Crippen molar-refractivity contribution in [3.8, 4) is 0 Å². The first-order valence-electron chi connectivity index (χ1n) is 14.7. The van der Waals surface area contributed by atoms with Gasteiger partial charge in [-0.3, -0.25) is 19.4 Å². The SMILES string of the molecule is CCCCCCCCCCCC(=O)N[C@@H](C(=O)NCCC(CCC(=O)O)Cc1ccccn1)c1ccccc1. The minimum Gasteiger partial charge on any atom is -0.481 e. The van der Waals surface area contributed by atoms with Crippen molar-refractivity contribution < 1.29 is 19.5 Å². The lowest BCUT2D eigenvalue weighted by Gasteiger charge is -2.21. The van der Waals surface area contributed by atoms with E-state index in [4.69, 9.17) is 5.11 Å². The van der Waals surface area contributed by atoms with E-state index in [0.717, 1.165) is 30.5 Å². The molecule has 2 amide bonds. The van der Waals surface area contributed by atoms with Gasteiger partial charge in [0.1, 0.15) is 6.04 Å². The molecule has 0 saturated heterocycles. The lowest BCUT2D eigenvalue weighted by molar-refractivity contribution is -0.137. The van der Waals surface area contributed by atoms with Crippen LogP contribution in [0.4, 0.5) is 0 Å².